The minimum Gasteiger partial charge on any atom is -0.497 e. The lowest BCUT2D eigenvalue weighted by Crippen LogP contribution is -2.18. The lowest BCUT2D eigenvalue weighted by molar-refractivity contribution is -0.114. The highest BCUT2D eigenvalue weighted by atomic mass is 35.5. The Morgan fingerprint density at radius 3 is 2.23 bits per heavy atom. The fourth-order valence-electron chi connectivity index (χ4n) is 2.05. The molecule has 138 valence electrons. The van der Waals surface area contributed by atoms with Crippen molar-refractivity contribution in [1.82, 2.24) is 0 Å². The number of halogens is 1. The Labute approximate surface area is 161 Å². The second-order valence-electron chi connectivity index (χ2n) is 5.16. The molecule has 0 saturated carbocycles. The molecule has 26 heavy (non-hydrogen) atoms. The standard InChI is InChI=1S/C18H19ClN2O4S/c1-24-14-7-8-15(16(9-14)25-2)21-18(23)11-26-10-17(22)20-13-5-3-12(19)4-6-13/h3-9H,10-11H2,1-2H3,(H,20,22)(H,21,23). The normalized spacial score (nSPS) is 10.1. The van der Waals surface area contributed by atoms with Crippen LogP contribution in [0.4, 0.5) is 11.4 Å². The van der Waals surface area contributed by atoms with Crippen molar-refractivity contribution >= 4 is 46.6 Å². The quantitative estimate of drug-likeness (QED) is 0.714. The Kier molecular flexibility index (Phi) is 7.62. The molecule has 2 rings (SSSR count). The van der Waals surface area contributed by atoms with E-state index in [1.54, 1.807) is 49.6 Å². The minimum absolute atomic E-state index is 0.142. The number of ether oxygens (including phenoxy) is 2. The van der Waals surface area contributed by atoms with Gasteiger partial charge in [-0.25, -0.2) is 0 Å². The number of nitrogens with one attached hydrogen (secondary N) is 2. The predicted octanol–water partition coefficient (Wildman–Crippen LogP) is 3.67. The van der Waals surface area contributed by atoms with Crippen LogP contribution < -0.4 is 20.1 Å². The van der Waals surface area contributed by atoms with Gasteiger partial charge in [0.25, 0.3) is 0 Å². The van der Waals surface area contributed by atoms with Crippen LogP contribution in [0.25, 0.3) is 0 Å². The summed E-state index contributed by atoms with van der Waals surface area (Å²) in [6.45, 7) is 0. The third-order valence-electron chi connectivity index (χ3n) is 3.28. The van der Waals surface area contributed by atoms with E-state index < -0.39 is 0 Å². The van der Waals surface area contributed by atoms with Crippen molar-refractivity contribution in [2.45, 2.75) is 0 Å². The molecule has 2 amide bonds. The molecule has 6 nitrogen and oxygen atoms in total. The van der Waals surface area contributed by atoms with Gasteiger partial charge < -0.3 is 20.1 Å². The summed E-state index contributed by atoms with van der Waals surface area (Å²) in [4.78, 5) is 23.9. The summed E-state index contributed by atoms with van der Waals surface area (Å²) in [6, 6.07) is 11.9. The highest BCUT2D eigenvalue weighted by molar-refractivity contribution is 8.00. The van der Waals surface area contributed by atoms with Crippen LogP contribution in [0.5, 0.6) is 11.5 Å². The molecule has 0 heterocycles. The monoisotopic (exact) mass is 394 g/mol. The van der Waals surface area contributed by atoms with E-state index in [4.69, 9.17) is 21.1 Å². The van der Waals surface area contributed by atoms with E-state index in [9.17, 15) is 9.59 Å². The second kappa shape index (κ2) is 9.94. The van der Waals surface area contributed by atoms with E-state index >= 15 is 0 Å². The van der Waals surface area contributed by atoms with Gasteiger partial charge in [0.1, 0.15) is 11.5 Å². The summed E-state index contributed by atoms with van der Waals surface area (Å²) in [7, 11) is 3.07. The van der Waals surface area contributed by atoms with Crippen LogP contribution in [0.1, 0.15) is 0 Å². The van der Waals surface area contributed by atoms with Crippen LogP contribution in [-0.2, 0) is 9.59 Å². The zero-order valence-corrected chi connectivity index (χ0v) is 15.9. The molecule has 0 fully saturated rings. The summed E-state index contributed by atoms with van der Waals surface area (Å²) in [5.41, 5.74) is 1.21. The van der Waals surface area contributed by atoms with Crippen molar-refractivity contribution in [3.8, 4) is 11.5 Å². The number of anilines is 2. The molecule has 0 aliphatic carbocycles. The Balaban J connectivity index is 1.78. The van der Waals surface area contributed by atoms with Gasteiger partial charge in [-0.2, -0.15) is 0 Å². The Morgan fingerprint density at radius 2 is 1.62 bits per heavy atom. The first-order valence-electron chi connectivity index (χ1n) is 7.67. The first kappa shape index (κ1) is 19.9. The van der Waals surface area contributed by atoms with Crippen LogP contribution in [0.3, 0.4) is 0 Å². The Morgan fingerprint density at radius 1 is 0.962 bits per heavy atom. The summed E-state index contributed by atoms with van der Waals surface area (Å²) >= 11 is 7.01. The number of hydrogen-bond donors (Lipinski definition) is 2. The number of carbonyl (C=O) groups is 2. The third kappa shape index (κ3) is 6.16. The minimum atomic E-state index is -0.224. The van der Waals surface area contributed by atoms with Gasteiger partial charge in [-0.1, -0.05) is 11.6 Å². The first-order chi connectivity index (χ1) is 12.5. The number of benzene rings is 2. The highest BCUT2D eigenvalue weighted by Crippen LogP contribution is 2.29. The van der Waals surface area contributed by atoms with Gasteiger partial charge in [-0.05, 0) is 36.4 Å². The van der Waals surface area contributed by atoms with Crippen LogP contribution in [0.2, 0.25) is 5.02 Å². The van der Waals surface area contributed by atoms with E-state index in [1.807, 2.05) is 0 Å². The summed E-state index contributed by atoms with van der Waals surface area (Å²) < 4.78 is 10.3. The molecule has 0 saturated heterocycles. The predicted molar refractivity (Wildman–Crippen MR) is 106 cm³/mol. The largest absolute Gasteiger partial charge is 0.497 e. The van der Waals surface area contributed by atoms with Gasteiger partial charge in [0.2, 0.25) is 11.8 Å². The highest BCUT2D eigenvalue weighted by Gasteiger charge is 2.10. The number of carbonyl (C=O) groups excluding carboxylic acids is 2. The number of rotatable bonds is 8. The van der Waals surface area contributed by atoms with E-state index in [2.05, 4.69) is 10.6 Å². The molecule has 0 aliphatic heterocycles. The molecule has 2 aromatic rings. The van der Waals surface area contributed by atoms with Crippen molar-refractivity contribution in [3.05, 3.63) is 47.5 Å². The number of thioether (sulfide) groups is 1. The Bertz CT molecular complexity index is 768. The molecule has 2 N–H and O–H groups in total. The molecule has 0 radical (unpaired) electrons. The molecule has 0 spiro atoms. The molecular weight excluding hydrogens is 376 g/mol. The fraction of sp³-hybridized carbons (Fsp3) is 0.222. The summed E-state index contributed by atoms with van der Waals surface area (Å²) in [6.07, 6.45) is 0. The zero-order valence-electron chi connectivity index (χ0n) is 14.4. The molecule has 2 aromatic carbocycles. The van der Waals surface area contributed by atoms with Gasteiger partial charge >= 0.3 is 0 Å². The van der Waals surface area contributed by atoms with Crippen molar-refractivity contribution < 1.29 is 19.1 Å². The lowest BCUT2D eigenvalue weighted by Gasteiger charge is -2.11. The molecule has 0 aliphatic rings. The maximum absolute atomic E-state index is 12.0. The average Bonchev–Trinajstić information content (AvgIpc) is 2.64. The molecule has 0 bridgehead atoms. The van der Waals surface area contributed by atoms with Gasteiger partial charge in [-0.15, -0.1) is 11.8 Å². The van der Waals surface area contributed by atoms with E-state index in [-0.39, 0.29) is 23.3 Å². The maximum atomic E-state index is 12.0. The molecule has 8 heteroatoms. The summed E-state index contributed by atoms with van der Waals surface area (Å²) in [5.74, 6) is 1.03. The molecule has 0 atom stereocenters. The number of methoxy groups -OCH3 is 2. The third-order valence-corrected chi connectivity index (χ3v) is 4.46. The van der Waals surface area contributed by atoms with Crippen molar-refractivity contribution in [3.63, 3.8) is 0 Å². The SMILES string of the molecule is COc1ccc(NC(=O)CSCC(=O)Nc2ccc(Cl)cc2)c(OC)c1. The summed E-state index contributed by atoms with van der Waals surface area (Å²) in [5, 5.41) is 6.10. The molecule has 0 aromatic heterocycles. The van der Waals surface area contributed by atoms with Crippen LogP contribution in [0.15, 0.2) is 42.5 Å². The number of amides is 2. The van der Waals surface area contributed by atoms with Crippen molar-refractivity contribution in [2.75, 3.05) is 36.4 Å². The van der Waals surface area contributed by atoms with Crippen LogP contribution in [-0.4, -0.2) is 37.5 Å². The van der Waals surface area contributed by atoms with Crippen LogP contribution in [0, 0.1) is 0 Å². The van der Waals surface area contributed by atoms with E-state index in [1.165, 1.54) is 18.9 Å². The average molecular weight is 395 g/mol. The van der Waals surface area contributed by atoms with E-state index in [0.29, 0.717) is 27.9 Å². The molecule has 0 unspecified atom stereocenters. The topological polar surface area (TPSA) is 76.7 Å². The van der Waals surface area contributed by atoms with Crippen molar-refractivity contribution in [1.29, 1.82) is 0 Å². The lowest BCUT2D eigenvalue weighted by atomic mass is 10.2. The maximum Gasteiger partial charge on any atom is 0.234 e. The fourth-order valence-corrected chi connectivity index (χ4v) is 2.80. The van der Waals surface area contributed by atoms with Gasteiger partial charge in [-0.3, -0.25) is 9.59 Å². The Hall–Kier alpha value is -2.38. The molecular formula is C18H19ClN2O4S. The number of hydrogen-bond acceptors (Lipinski definition) is 5. The van der Waals surface area contributed by atoms with Crippen molar-refractivity contribution in [2.24, 2.45) is 0 Å². The smallest absolute Gasteiger partial charge is 0.234 e. The van der Waals surface area contributed by atoms with E-state index in [0.717, 1.165) is 0 Å². The van der Waals surface area contributed by atoms with Gasteiger partial charge in [0.05, 0.1) is 31.4 Å². The van der Waals surface area contributed by atoms with Gasteiger partial charge in [0, 0.05) is 16.8 Å². The first-order valence-corrected chi connectivity index (χ1v) is 9.20. The second-order valence-corrected chi connectivity index (χ2v) is 6.58. The van der Waals surface area contributed by atoms with Gasteiger partial charge in [0.15, 0.2) is 0 Å². The zero-order chi connectivity index (χ0) is 18.9. The van der Waals surface area contributed by atoms with Crippen LogP contribution >= 0.6 is 23.4 Å².